The molecule has 1 aliphatic heterocycles. The highest BCUT2D eigenvalue weighted by Gasteiger charge is 2.35. The van der Waals surface area contributed by atoms with Gasteiger partial charge in [-0.05, 0) is 48.0 Å². The van der Waals surface area contributed by atoms with Gasteiger partial charge in [-0.2, -0.15) is 0 Å². The largest absolute Gasteiger partial charge is 0.490 e. The molecule has 2 amide bonds. The topological polar surface area (TPSA) is 49.9 Å². The van der Waals surface area contributed by atoms with Gasteiger partial charge in [-0.15, -0.1) is 0 Å². The molecule has 1 saturated heterocycles. The Balaban J connectivity index is 1.49. The van der Waals surface area contributed by atoms with Crippen molar-refractivity contribution < 1.29 is 14.3 Å². The number of halogens is 2. The fraction of sp³-hybridized carbons (Fsp3) is 0.286. The van der Waals surface area contributed by atoms with E-state index in [1.165, 1.54) is 0 Å². The smallest absolute Gasteiger partial charge is 0.253 e. The highest BCUT2D eigenvalue weighted by molar-refractivity contribution is 6.31. The van der Waals surface area contributed by atoms with E-state index >= 15 is 0 Å². The molecular formula is C28H28Cl2N2O3. The van der Waals surface area contributed by atoms with Gasteiger partial charge in [0.05, 0.1) is 0 Å². The molecule has 7 heteroatoms. The third kappa shape index (κ3) is 6.77. The Labute approximate surface area is 216 Å². The van der Waals surface area contributed by atoms with Gasteiger partial charge in [0.2, 0.25) is 5.91 Å². The first-order valence-corrected chi connectivity index (χ1v) is 12.4. The minimum Gasteiger partial charge on any atom is -0.490 e. The molecule has 1 fully saturated rings. The molecule has 0 bridgehead atoms. The number of likely N-dealkylation sites (tertiary alicyclic amines) is 1. The number of benzene rings is 3. The van der Waals surface area contributed by atoms with E-state index in [0.717, 1.165) is 5.56 Å². The van der Waals surface area contributed by atoms with Crippen LogP contribution in [0.4, 0.5) is 0 Å². The van der Waals surface area contributed by atoms with Crippen LogP contribution in [-0.2, 0) is 11.3 Å². The van der Waals surface area contributed by atoms with Gasteiger partial charge < -0.3 is 14.5 Å². The summed E-state index contributed by atoms with van der Waals surface area (Å²) >= 11 is 12.1. The lowest BCUT2D eigenvalue weighted by molar-refractivity contribution is -0.132. The lowest BCUT2D eigenvalue weighted by Crippen LogP contribution is -2.49. The van der Waals surface area contributed by atoms with Crippen LogP contribution < -0.4 is 4.74 Å². The third-order valence-corrected chi connectivity index (χ3v) is 6.74. The molecule has 0 unspecified atom stereocenters. The summed E-state index contributed by atoms with van der Waals surface area (Å²) in [6.45, 7) is 1.49. The maximum atomic E-state index is 13.2. The van der Waals surface area contributed by atoms with Crippen LogP contribution in [0.3, 0.4) is 0 Å². The van der Waals surface area contributed by atoms with Crippen LogP contribution in [0, 0.1) is 5.92 Å². The van der Waals surface area contributed by atoms with Gasteiger partial charge in [-0.3, -0.25) is 9.59 Å². The van der Waals surface area contributed by atoms with Crippen molar-refractivity contribution in [1.29, 1.82) is 0 Å². The van der Waals surface area contributed by atoms with Crippen molar-refractivity contribution in [2.24, 2.45) is 5.92 Å². The molecule has 0 radical (unpaired) electrons. The second-order valence-corrected chi connectivity index (χ2v) is 9.73. The lowest BCUT2D eigenvalue weighted by atomic mass is 9.90. The molecule has 3 aromatic rings. The highest BCUT2D eigenvalue weighted by Crippen LogP contribution is 2.28. The van der Waals surface area contributed by atoms with Crippen molar-refractivity contribution in [3.05, 3.63) is 100 Å². The lowest BCUT2D eigenvalue weighted by Gasteiger charge is -2.39. The molecule has 0 N–H and O–H groups in total. The minimum absolute atomic E-state index is 0.0145. The van der Waals surface area contributed by atoms with Crippen molar-refractivity contribution in [2.75, 3.05) is 20.1 Å². The number of ether oxygens (including phenoxy) is 1. The van der Waals surface area contributed by atoms with Gasteiger partial charge >= 0.3 is 0 Å². The standard InChI is InChI=1S/C28H28Cl2N2O3/c1-31(18-20-6-3-2-4-7-20)27(33)17-22-19-32(28(34)21-8-5-9-24(30)16-21)15-14-26(22)35-25-12-10-23(29)11-13-25/h2-13,16,22,26H,14-15,17-19H2,1H3/t22-,26-/m0/s1. The van der Waals surface area contributed by atoms with Crippen LogP contribution in [0.2, 0.25) is 10.0 Å². The summed E-state index contributed by atoms with van der Waals surface area (Å²) in [5.41, 5.74) is 1.61. The van der Waals surface area contributed by atoms with Gasteiger partial charge in [-0.25, -0.2) is 0 Å². The molecule has 5 nitrogen and oxygen atoms in total. The molecule has 1 aliphatic rings. The second kappa shape index (κ2) is 11.6. The number of hydrogen-bond donors (Lipinski definition) is 0. The van der Waals surface area contributed by atoms with Crippen molar-refractivity contribution in [3.8, 4) is 5.75 Å². The number of amides is 2. The van der Waals surface area contributed by atoms with Crippen molar-refractivity contribution >= 4 is 35.0 Å². The fourth-order valence-electron chi connectivity index (χ4n) is 4.36. The summed E-state index contributed by atoms with van der Waals surface area (Å²) in [7, 11) is 1.81. The summed E-state index contributed by atoms with van der Waals surface area (Å²) in [5, 5.41) is 1.15. The fourth-order valence-corrected chi connectivity index (χ4v) is 4.68. The zero-order chi connectivity index (χ0) is 24.8. The molecule has 0 aliphatic carbocycles. The van der Waals surface area contributed by atoms with E-state index in [9.17, 15) is 9.59 Å². The highest BCUT2D eigenvalue weighted by atomic mass is 35.5. The van der Waals surface area contributed by atoms with Gasteiger partial charge in [-0.1, -0.05) is 59.6 Å². The minimum atomic E-state index is -0.200. The normalized spacial score (nSPS) is 17.6. The number of rotatable bonds is 7. The summed E-state index contributed by atoms with van der Waals surface area (Å²) in [6.07, 6.45) is 0.699. The van der Waals surface area contributed by atoms with E-state index in [4.69, 9.17) is 27.9 Å². The van der Waals surface area contributed by atoms with Crippen molar-refractivity contribution in [2.45, 2.75) is 25.5 Å². The predicted molar refractivity (Wildman–Crippen MR) is 139 cm³/mol. The molecule has 4 rings (SSSR count). The summed E-state index contributed by atoms with van der Waals surface area (Å²) < 4.78 is 6.29. The zero-order valence-corrected chi connectivity index (χ0v) is 21.1. The van der Waals surface area contributed by atoms with Gasteiger partial charge in [0.25, 0.3) is 5.91 Å². The van der Waals surface area contributed by atoms with Gasteiger partial charge in [0, 0.05) is 61.1 Å². The summed E-state index contributed by atoms with van der Waals surface area (Å²) in [4.78, 5) is 29.9. The van der Waals surface area contributed by atoms with Crippen LogP contribution in [0.25, 0.3) is 0 Å². The number of carbonyl (C=O) groups excluding carboxylic acids is 2. The van der Waals surface area contributed by atoms with E-state index in [-0.39, 0.29) is 30.3 Å². The molecule has 3 aromatic carbocycles. The zero-order valence-electron chi connectivity index (χ0n) is 19.6. The maximum absolute atomic E-state index is 13.2. The number of piperidine rings is 1. The van der Waals surface area contributed by atoms with Crippen LogP contribution in [0.5, 0.6) is 5.75 Å². The summed E-state index contributed by atoms with van der Waals surface area (Å²) in [6, 6.07) is 24.0. The van der Waals surface area contributed by atoms with Crippen LogP contribution in [-0.4, -0.2) is 47.9 Å². The predicted octanol–water partition coefficient (Wildman–Crippen LogP) is 5.95. The first kappa shape index (κ1) is 25.1. The first-order valence-electron chi connectivity index (χ1n) is 11.6. The van der Waals surface area contributed by atoms with E-state index in [1.54, 1.807) is 46.2 Å². The molecule has 1 heterocycles. The maximum Gasteiger partial charge on any atom is 0.253 e. The Morgan fingerprint density at radius 1 is 0.971 bits per heavy atom. The molecule has 35 heavy (non-hydrogen) atoms. The first-order chi connectivity index (χ1) is 16.9. The second-order valence-electron chi connectivity index (χ2n) is 8.86. The van der Waals surface area contributed by atoms with Crippen LogP contribution >= 0.6 is 23.2 Å². The number of nitrogens with zero attached hydrogens (tertiary/aromatic N) is 2. The molecule has 0 spiro atoms. The average Bonchev–Trinajstić information content (AvgIpc) is 2.86. The number of hydrogen-bond acceptors (Lipinski definition) is 3. The van der Waals surface area contributed by atoms with E-state index in [1.807, 2.05) is 49.5 Å². The van der Waals surface area contributed by atoms with Gasteiger partial charge in [0.1, 0.15) is 11.9 Å². The SMILES string of the molecule is CN(Cc1ccccc1)C(=O)C[C@H]1CN(C(=O)c2cccc(Cl)c2)CC[C@@H]1Oc1ccc(Cl)cc1. The van der Waals surface area contributed by atoms with Crippen molar-refractivity contribution in [1.82, 2.24) is 9.80 Å². The third-order valence-electron chi connectivity index (χ3n) is 6.25. The molecule has 182 valence electrons. The Bertz CT molecular complexity index is 1150. The van der Waals surface area contributed by atoms with E-state index < -0.39 is 0 Å². The molecule has 0 aromatic heterocycles. The molecule has 2 atom stereocenters. The Hall–Kier alpha value is -3.02. The Kier molecular flexibility index (Phi) is 8.32. The Morgan fingerprint density at radius 3 is 2.43 bits per heavy atom. The number of carbonyl (C=O) groups is 2. The quantitative estimate of drug-likeness (QED) is 0.394. The van der Waals surface area contributed by atoms with E-state index in [0.29, 0.717) is 47.4 Å². The van der Waals surface area contributed by atoms with Crippen molar-refractivity contribution in [3.63, 3.8) is 0 Å². The summed E-state index contributed by atoms with van der Waals surface area (Å²) in [5.74, 6) is 0.463. The van der Waals surface area contributed by atoms with Gasteiger partial charge in [0.15, 0.2) is 0 Å². The molecule has 0 saturated carbocycles. The van der Waals surface area contributed by atoms with Crippen LogP contribution in [0.15, 0.2) is 78.9 Å². The Morgan fingerprint density at radius 2 is 1.71 bits per heavy atom. The monoisotopic (exact) mass is 510 g/mol. The van der Waals surface area contributed by atoms with E-state index in [2.05, 4.69) is 0 Å². The molecular weight excluding hydrogens is 483 g/mol. The average molecular weight is 511 g/mol. The van der Waals surface area contributed by atoms with Crippen LogP contribution in [0.1, 0.15) is 28.8 Å².